The summed E-state index contributed by atoms with van der Waals surface area (Å²) in [5.74, 6) is 0. The Balaban J connectivity index is 0.000000371. The average molecular weight is 161 g/mol. The molecule has 0 saturated heterocycles. The molecule has 1 aromatic heterocycles. The zero-order valence-electron chi connectivity index (χ0n) is 5.30. The Morgan fingerprint density at radius 2 is 2.40 bits per heavy atom. The van der Waals surface area contributed by atoms with Gasteiger partial charge in [0, 0.05) is 6.54 Å². The van der Waals surface area contributed by atoms with Crippen molar-refractivity contribution >= 4 is 18.1 Å². The molecule has 0 bridgehead atoms. The van der Waals surface area contributed by atoms with Crippen LogP contribution in [0.1, 0.15) is 5.01 Å². The van der Waals surface area contributed by atoms with Crippen LogP contribution in [0.2, 0.25) is 0 Å². The van der Waals surface area contributed by atoms with E-state index in [9.17, 15) is 4.39 Å². The van der Waals surface area contributed by atoms with Gasteiger partial charge < -0.3 is 11.1 Å². The number of hydrogen-bond acceptors (Lipinski definition) is 4. The molecule has 10 heavy (non-hydrogen) atoms. The fourth-order valence-electron chi connectivity index (χ4n) is 0.382. The van der Waals surface area contributed by atoms with Gasteiger partial charge in [-0.25, -0.2) is 4.98 Å². The first-order valence-electron chi connectivity index (χ1n) is 2.48. The maximum Gasteiger partial charge on any atom is 0.196 e. The van der Waals surface area contributed by atoms with E-state index in [1.165, 1.54) is 6.20 Å². The predicted octanol–water partition coefficient (Wildman–Crippen LogP) is 1.01. The molecular weight excluding hydrogens is 153 g/mol. The molecule has 0 aliphatic heterocycles. The van der Waals surface area contributed by atoms with Gasteiger partial charge in [-0.2, -0.15) is 4.39 Å². The van der Waals surface area contributed by atoms with E-state index in [4.69, 9.17) is 11.1 Å². The van der Waals surface area contributed by atoms with E-state index in [1.54, 1.807) is 0 Å². The van der Waals surface area contributed by atoms with E-state index >= 15 is 0 Å². The quantitative estimate of drug-likeness (QED) is 0.604. The largest absolute Gasteiger partial charge is 0.325 e. The normalized spacial score (nSPS) is 8.20. The van der Waals surface area contributed by atoms with Crippen LogP contribution < -0.4 is 5.73 Å². The first kappa shape index (κ1) is 9.19. The summed E-state index contributed by atoms with van der Waals surface area (Å²) in [6.07, 6.45) is 1.17. The van der Waals surface area contributed by atoms with E-state index in [-0.39, 0.29) is 5.13 Å². The third kappa shape index (κ3) is 2.65. The predicted molar refractivity (Wildman–Crippen MR) is 39.8 cm³/mol. The topological polar surface area (TPSA) is 62.8 Å². The molecule has 0 atom stereocenters. The van der Waals surface area contributed by atoms with Crippen molar-refractivity contribution < 1.29 is 4.39 Å². The second-order valence-electron chi connectivity index (χ2n) is 1.26. The Bertz CT molecular complexity index is 189. The van der Waals surface area contributed by atoms with E-state index in [0.717, 1.165) is 11.3 Å². The van der Waals surface area contributed by atoms with Crippen LogP contribution in [0.25, 0.3) is 0 Å². The van der Waals surface area contributed by atoms with Gasteiger partial charge in [-0.05, 0) is 6.72 Å². The summed E-state index contributed by atoms with van der Waals surface area (Å²) < 4.78 is 12.0. The molecule has 5 heteroatoms. The molecule has 0 aromatic carbocycles. The van der Waals surface area contributed by atoms with Crippen LogP contribution in [0.15, 0.2) is 6.20 Å². The molecule has 0 amide bonds. The third-order valence-electron chi connectivity index (χ3n) is 0.700. The fraction of sp³-hybridized carbons (Fsp3) is 0.200. The van der Waals surface area contributed by atoms with Crippen LogP contribution >= 0.6 is 11.3 Å². The Morgan fingerprint density at radius 1 is 1.80 bits per heavy atom. The number of thiazole rings is 1. The summed E-state index contributed by atoms with van der Waals surface area (Å²) in [5.41, 5.74) is 5.14. The summed E-state index contributed by atoms with van der Waals surface area (Å²) in [7, 11) is 0. The molecule has 0 aliphatic rings. The van der Waals surface area contributed by atoms with Crippen molar-refractivity contribution in [3.8, 4) is 0 Å². The third-order valence-corrected chi connectivity index (χ3v) is 1.51. The molecule has 0 saturated carbocycles. The summed E-state index contributed by atoms with van der Waals surface area (Å²) in [6, 6.07) is 0. The van der Waals surface area contributed by atoms with Gasteiger partial charge in [0.15, 0.2) is 5.13 Å². The van der Waals surface area contributed by atoms with Gasteiger partial charge in [0.25, 0.3) is 0 Å². The Kier molecular flexibility index (Phi) is 4.61. The minimum atomic E-state index is -0.273. The molecule has 1 rings (SSSR count). The minimum Gasteiger partial charge on any atom is -0.325 e. The highest BCUT2D eigenvalue weighted by Crippen LogP contribution is 2.08. The Hall–Kier alpha value is -0.810. The van der Waals surface area contributed by atoms with Crippen molar-refractivity contribution in [3.63, 3.8) is 0 Å². The molecule has 1 aromatic rings. The standard InChI is InChI=1S/C4H5FN2S.CH3N/c5-3-2-7-4(1-6)8-3;1-2/h2H,1,6H2;2H,1H2. The number of halogens is 1. The average Bonchev–Trinajstić information content (AvgIpc) is 2.40. The van der Waals surface area contributed by atoms with Crippen LogP contribution in [0, 0.1) is 10.5 Å². The molecule has 0 radical (unpaired) electrons. The molecule has 0 spiro atoms. The summed E-state index contributed by atoms with van der Waals surface area (Å²) in [4.78, 5) is 3.65. The van der Waals surface area contributed by atoms with Gasteiger partial charge in [0.2, 0.25) is 0 Å². The number of hydrogen-bond donors (Lipinski definition) is 2. The summed E-state index contributed by atoms with van der Waals surface area (Å²) in [6.45, 7) is 2.83. The second kappa shape index (κ2) is 5.01. The highest BCUT2D eigenvalue weighted by molar-refractivity contribution is 7.09. The first-order chi connectivity index (χ1) is 4.83. The number of nitrogens with one attached hydrogen (secondary N) is 1. The first-order valence-corrected chi connectivity index (χ1v) is 3.30. The van der Waals surface area contributed by atoms with Crippen molar-refractivity contribution in [1.82, 2.24) is 4.98 Å². The molecule has 0 fully saturated rings. The molecular formula is C5H8FN3S. The van der Waals surface area contributed by atoms with Crippen LogP contribution in [-0.4, -0.2) is 11.7 Å². The molecule has 0 aliphatic carbocycles. The van der Waals surface area contributed by atoms with Crippen LogP contribution in [0.5, 0.6) is 0 Å². The van der Waals surface area contributed by atoms with Gasteiger partial charge in [-0.1, -0.05) is 11.3 Å². The SMILES string of the molecule is C=N.NCc1ncc(F)s1. The summed E-state index contributed by atoms with van der Waals surface area (Å²) >= 11 is 0.985. The lowest BCUT2D eigenvalue weighted by Gasteiger charge is -1.78. The number of rotatable bonds is 1. The maximum absolute atomic E-state index is 12.0. The maximum atomic E-state index is 12.0. The molecule has 0 unspecified atom stereocenters. The monoisotopic (exact) mass is 161 g/mol. The van der Waals surface area contributed by atoms with E-state index in [0.29, 0.717) is 11.6 Å². The van der Waals surface area contributed by atoms with Crippen molar-refractivity contribution in [2.45, 2.75) is 6.54 Å². The smallest absolute Gasteiger partial charge is 0.196 e. The van der Waals surface area contributed by atoms with Gasteiger partial charge in [0.1, 0.15) is 5.01 Å². The minimum absolute atomic E-state index is 0.273. The van der Waals surface area contributed by atoms with Crippen molar-refractivity contribution in [3.05, 3.63) is 16.3 Å². The van der Waals surface area contributed by atoms with Crippen LogP contribution in [0.3, 0.4) is 0 Å². The zero-order chi connectivity index (χ0) is 7.98. The molecule has 3 N–H and O–H groups in total. The van der Waals surface area contributed by atoms with Crippen molar-refractivity contribution in [2.75, 3.05) is 0 Å². The fourth-order valence-corrected chi connectivity index (χ4v) is 0.902. The van der Waals surface area contributed by atoms with E-state index < -0.39 is 0 Å². The molecule has 1 heterocycles. The van der Waals surface area contributed by atoms with Crippen LogP contribution in [0.4, 0.5) is 4.39 Å². The second-order valence-corrected chi connectivity index (χ2v) is 2.33. The van der Waals surface area contributed by atoms with Crippen molar-refractivity contribution in [2.24, 2.45) is 5.73 Å². The summed E-state index contributed by atoms with van der Waals surface area (Å²) in [5, 5.41) is 5.87. The Labute approximate surface area is 62.2 Å². The van der Waals surface area contributed by atoms with E-state index in [2.05, 4.69) is 11.7 Å². The number of aromatic nitrogens is 1. The van der Waals surface area contributed by atoms with Gasteiger partial charge >= 0.3 is 0 Å². The molecule has 56 valence electrons. The lowest BCUT2D eigenvalue weighted by Crippen LogP contribution is -1.93. The van der Waals surface area contributed by atoms with E-state index in [1.807, 2.05) is 0 Å². The van der Waals surface area contributed by atoms with Gasteiger partial charge in [0.05, 0.1) is 6.20 Å². The van der Waals surface area contributed by atoms with Crippen LogP contribution in [-0.2, 0) is 6.54 Å². The highest BCUT2D eigenvalue weighted by atomic mass is 32.1. The van der Waals surface area contributed by atoms with Gasteiger partial charge in [-0.3, -0.25) is 0 Å². The van der Waals surface area contributed by atoms with Gasteiger partial charge in [-0.15, -0.1) is 0 Å². The lowest BCUT2D eigenvalue weighted by molar-refractivity contribution is 0.653. The number of nitrogens with two attached hydrogens (primary N) is 1. The number of nitrogens with zero attached hydrogens (tertiary/aromatic N) is 1. The Morgan fingerprint density at radius 3 is 2.60 bits per heavy atom. The highest BCUT2D eigenvalue weighted by Gasteiger charge is 1.95. The molecule has 3 nitrogen and oxygen atoms in total. The lowest BCUT2D eigenvalue weighted by atomic mass is 10.7. The van der Waals surface area contributed by atoms with Crippen molar-refractivity contribution in [1.29, 1.82) is 5.41 Å². The zero-order valence-corrected chi connectivity index (χ0v) is 6.12.